The van der Waals surface area contributed by atoms with E-state index in [9.17, 15) is 9.90 Å². The molecule has 1 fully saturated rings. The van der Waals surface area contributed by atoms with Gasteiger partial charge in [0.25, 0.3) is 0 Å². The van der Waals surface area contributed by atoms with E-state index in [-0.39, 0.29) is 11.7 Å². The molecule has 0 spiro atoms. The van der Waals surface area contributed by atoms with Gasteiger partial charge in [-0.05, 0) is 66.6 Å². The largest absolute Gasteiger partial charge is 0.508 e. The van der Waals surface area contributed by atoms with Crippen LogP contribution in [0, 0.1) is 5.92 Å². The summed E-state index contributed by atoms with van der Waals surface area (Å²) in [4.78, 5) is 22.9. The number of nitrogens with zero attached hydrogens (tertiary/aromatic N) is 2. The number of halogens is 1. The number of anilines is 1. The number of amides is 1. The molecule has 1 saturated carbocycles. The van der Waals surface area contributed by atoms with Crippen molar-refractivity contribution in [2.75, 3.05) is 5.32 Å². The number of carbonyl (C=O) groups excluding carboxylic acids is 1. The number of phenols is 1. The first kappa shape index (κ1) is 22.1. The zero-order valence-corrected chi connectivity index (χ0v) is 20.2. The molecule has 1 aromatic heterocycles. The number of aromatic hydroxyl groups is 1. The van der Waals surface area contributed by atoms with E-state index in [0.717, 1.165) is 57.5 Å². The summed E-state index contributed by atoms with van der Waals surface area (Å²) in [7, 11) is 0. The Labute approximate surface area is 202 Å². The summed E-state index contributed by atoms with van der Waals surface area (Å²) in [5, 5.41) is 13.0. The number of fused-ring (bicyclic) bond motifs is 3. The molecule has 0 aliphatic heterocycles. The molecule has 0 unspecified atom stereocenters. The lowest BCUT2D eigenvalue weighted by molar-refractivity contribution is -0.115. The smallest absolute Gasteiger partial charge is 0.229 e. The molecule has 2 aliphatic carbocycles. The molecule has 2 aromatic carbocycles. The average molecular weight is 506 g/mol. The molecular weight excluding hydrogens is 478 g/mol. The molecule has 2 aliphatic rings. The molecule has 0 atom stereocenters. The van der Waals surface area contributed by atoms with E-state index < -0.39 is 0 Å². The van der Waals surface area contributed by atoms with Crippen molar-refractivity contribution in [1.82, 2.24) is 9.97 Å². The van der Waals surface area contributed by atoms with Crippen LogP contribution >= 0.6 is 15.9 Å². The fourth-order valence-corrected chi connectivity index (χ4v) is 5.30. The number of benzene rings is 2. The first-order chi connectivity index (χ1) is 16.0. The fraction of sp³-hybridized carbons (Fsp3) is 0.370. The van der Waals surface area contributed by atoms with E-state index in [2.05, 4.69) is 21.2 Å². The number of aromatic nitrogens is 2. The standard InChI is InChI=1S/C27H28BrN3O2/c28-20-9-6-18(7-10-20)15-25(33)31-27-24(14-17-4-2-1-3-5-17)29-26-22-12-11-21(32)16-19(22)8-13-23(26)30-27/h6-7,9-12,16-17,32H,1-5,8,13-15H2,(H,30,31,33). The first-order valence-electron chi connectivity index (χ1n) is 11.8. The minimum atomic E-state index is -0.0717. The van der Waals surface area contributed by atoms with Crippen molar-refractivity contribution in [1.29, 1.82) is 0 Å². The molecule has 170 valence electrons. The van der Waals surface area contributed by atoms with Crippen LogP contribution in [0.3, 0.4) is 0 Å². The Bertz CT molecular complexity index is 1170. The molecule has 0 saturated heterocycles. The highest BCUT2D eigenvalue weighted by atomic mass is 79.9. The molecule has 0 radical (unpaired) electrons. The number of hydrogen-bond donors (Lipinski definition) is 2. The van der Waals surface area contributed by atoms with Gasteiger partial charge in [0.15, 0.2) is 5.82 Å². The van der Waals surface area contributed by atoms with Gasteiger partial charge in [-0.15, -0.1) is 0 Å². The van der Waals surface area contributed by atoms with Crippen LogP contribution in [0.4, 0.5) is 5.82 Å². The maximum Gasteiger partial charge on any atom is 0.229 e. The Morgan fingerprint density at radius 2 is 1.82 bits per heavy atom. The summed E-state index contributed by atoms with van der Waals surface area (Å²) >= 11 is 3.44. The lowest BCUT2D eigenvalue weighted by Gasteiger charge is -2.24. The van der Waals surface area contributed by atoms with Crippen LogP contribution in [0.1, 0.15) is 54.6 Å². The number of hydrogen-bond acceptors (Lipinski definition) is 4. The van der Waals surface area contributed by atoms with Crippen molar-refractivity contribution in [3.8, 4) is 17.0 Å². The molecule has 0 bridgehead atoms. The summed E-state index contributed by atoms with van der Waals surface area (Å²) in [5.74, 6) is 1.40. The second-order valence-electron chi connectivity index (χ2n) is 9.22. The Balaban J connectivity index is 1.46. The fourth-order valence-electron chi connectivity index (χ4n) is 5.04. The minimum absolute atomic E-state index is 0.0717. The van der Waals surface area contributed by atoms with Crippen LogP contribution in [-0.4, -0.2) is 21.0 Å². The SMILES string of the molecule is O=C(Cc1ccc(Br)cc1)Nc1nc2c(nc1CC1CCCCC1)-c1ccc(O)cc1CC2. The minimum Gasteiger partial charge on any atom is -0.508 e. The predicted octanol–water partition coefficient (Wildman–Crippen LogP) is 6.01. The molecule has 2 N–H and O–H groups in total. The number of aryl methyl sites for hydroxylation is 2. The van der Waals surface area contributed by atoms with Gasteiger partial charge in [0.1, 0.15) is 5.75 Å². The first-order valence-corrected chi connectivity index (χ1v) is 12.6. The van der Waals surface area contributed by atoms with Gasteiger partial charge in [0, 0.05) is 10.0 Å². The van der Waals surface area contributed by atoms with E-state index in [0.29, 0.717) is 18.2 Å². The normalized spacial score (nSPS) is 15.5. The Morgan fingerprint density at radius 3 is 2.61 bits per heavy atom. The third-order valence-electron chi connectivity index (χ3n) is 6.76. The zero-order valence-electron chi connectivity index (χ0n) is 18.6. The van der Waals surface area contributed by atoms with Gasteiger partial charge < -0.3 is 10.4 Å². The van der Waals surface area contributed by atoms with Crippen LogP contribution in [-0.2, 0) is 30.5 Å². The third kappa shape index (κ3) is 5.11. The van der Waals surface area contributed by atoms with Crippen LogP contribution in [0.5, 0.6) is 5.75 Å². The lowest BCUT2D eigenvalue weighted by atomic mass is 9.85. The molecule has 5 rings (SSSR count). The van der Waals surface area contributed by atoms with E-state index in [4.69, 9.17) is 9.97 Å². The maximum atomic E-state index is 12.9. The number of rotatable bonds is 5. The third-order valence-corrected chi connectivity index (χ3v) is 7.29. The van der Waals surface area contributed by atoms with E-state index in [1.54, 1.807) is 6.07 Å². The summed E-state index contributed by atoms with van der Waals surface area (Å²) in [6, 6.07) is 13.3. The highest BCUT2D eigenvalue weighted by molar-refractivity contribution is 9.10. The van der Waals surface area contributed by atoms with Crippen LogP contribution < -0.4 is 5.32 Å². The van der Waals surface area contributed by atoms with Crippen molar-refractivity contribution >= 4 is 27.7 Å². The highest BCUT2D eigenvalue weighted by Crippen LogP contribution is 2.36. The van der Waals surface area contributed by atoms with Crippen LogP contribution in [0.2, 0.25) is 0 Å². The number of phenolic OH excluding ortho intramolecular Hbond substituents is 1. The van der Waals surface area contributed by atoms with Crippen LogP contribution in [0.15, 0.2) is 46.9 Å². The molecule has 1 heterocycles. The van der Waals surface area contributed by atoms with E-state index in [1.165, 1.54) is 32.1 Å². The van der Waals surface area contributed by atoms with Crippen LogP contribution in [0.25, 0.3) is 11.3 Å². The lowest BCUT2D eigenvalue weighted by Crippen LogP contribution is -2.21. The van der Waals surface area contributed by atoms with Gasteiger partial charge in [-0.2, -0.15) is 0 Å². The monoisotopic (exact) mass is 505 g/mol. The summed E-state index contributed by atoms with van der Waals surface area (Å²) in [5.41, 5.74) is 5.80. The van der Waals surface area contributed by atoms with Gasteiger partial charge in [-0.25, -0.2) is 9.97 Å². The van der Waals surface area contributed by atoms with Crippen molar-refractivity contribution in [2.24, 2.45) is 5.92 Å². The molecule has 3 aromatic rings. The number of nitrogens with one attached hydrogen (secondary N) is 1. The Morgan fingerprint density at radius 1 is 1.03 bits per heavy atom. The Kier molecular flexibility index (Phi) is 6.45. The summed E-state index contributed by atoms with van der Waals surface area (Å²) in [6.07, 6.45) is 8.92. The average Bonchev–Trinajstić information content (AvgIpc) is 2.81. The van der Waals surface area contributed by atoms with E-state index in [1.807, 2.05) is 36.4 Å². The van der Waals surface area contributed by atoms with Gasteiger partial charge in [-0.3, -0.25) is 4.79 Å². The predicted molar refractivity (Wildman–Crippen MR) is 133 cm³/mol. The van der Waals surface area contributed by atoms with Crippen molar-refractivity contribution in [3.05, 3.63) is 69.5 Å². The molecule has 5 nitrogen and oxygen atoms in total. The van der Waals surface area contributed by atoms with Crippen molar-refractivity contribution in [3.63, 3.8) is 0 Å². The van der Waals surface area contributed by atoms with Gasteiger partial charge in [0.05, 0.1) is 23.5 Å². The van der Waals surface area contributed by atoms with E-state index >= 15 is 0 Å². The quantitative estimate of drug-likeness (QED) is 0.444. The molecule has 1 amide bonds. The van der Waals surface area contributed by atoms with Gasteiger partial charge >= 0.3 is 0 Å². The molecule has 6 heteroatoms. The Hall–Kier alpha value is -2.73. The molecule has 33 heavy (non-hydrogen) atoms. The zero-order chi connectivity index (χ0) is 22.8. The summed E-state index contributed by atoms with van der Waals surface area (Å²) < 4.78 is 0.996. The van der Waals surface area contributed by atoms with Crippen molar-refractivity contribution in [2.45, 2.75) is 57.8 Å². The second kappa shape index (κ2) is 9.64. The topological polar surface area (TPSA) is 75.1 Å². The van der Waals surface area contributed by atoms with Gasteiger partial charge in [-0.1, -0.05) is 60.2 Å². The second-order valence-corrected chi connectivity index (χ2v) is 10.1. The molecular formula is C27H28BrN3O2. The number of carbonyl (C=O) groups is 1. The van der Waals surface area contributed by atoms with Gasteiger partial charge in [0.2, 0.25) is 5.91 Å². The summed E-state index contributed by atoms with van der Waals surface area (Å²) in [6.45, 7) is 0. The maximum absolute atomic E-state index is 12.9. The van der Waals surface area contributed by atoms with Crippen molar-refractivity contribution < 1.29 is 9.90 Å². The highest BCUT2D eigenvalue weighted by Gasteiger charge is 2.25.